The van der Waals surface area contributed by atoms with Crippen LogP contribution in [0.5, 0.6) is 0 Å². The minimum absolute atomic E-state index is 0.0195. The molecule has 0 saturated carbocycles. The summed E-state index contributed by atoms with van der Waals surface area (Å²) in [5, 5.41) is 23.2. The molecule has 0 rings (SSSR count). The smallest absolute Gasteiger partial charge is 0.305 e. The van der Waals surface area contributed by atoms with E-state index in [0.29, 0.717) is 25.9 Å². The van der Waals surface area contributed by atoms with Gasteiger partial charge in [0.2, 0.25) is 5.91 Å². The molecule has 6 heteroatoms. The molecule has 2 unspecified atom stereocenters. The van der Waals surface area contributed by atoms with E-state index in [-0.39, 0.29) is 18.5 Å². The topological polar surface area (TPSA) is 95.9 Å². The zero-order chi connectivity index (χ0) is 49.3. The van der Waals surface area contributed by atoms with E-state index < -0.39 is 12.1 Å². The fourth-order valence-corrected chi connectivity index (χ4v) is 10.1. The number of hydrogen-bond donors (Lipinski definition) is 3. The third-order valence-electron chi connectivity index (χ3n) is 14.9. The summed E-state index contributed by atoms with van der Waals surface area (Å²) in [4.78, 5) is 24.5. The lowest BCUT2D eigenvalue weighted by Crippen LogP contribution is -2.45. The van der Waals surface area contributed by atoms with Gasteiger partial charge < -0.3 is 20.3 Å². The maximum Gasteiger partial charge on any atom is 0.305 e. The van der Waals surface area contributed by atoms with Gasteiger partial charge in [-0.25, -0.2) is 0 Å². The first-order valence-corrected chi connectivity index (χ1v) is 31.3. The van der Waals surface area contributed by atoms with Gasteiger partial charge in [-0.3, -0.25) is 9.59 Å². The van der Waals surface area contributed by atoms with E-state index in [4.69, 9.17) is 4.74 Å². The van der Waals surface area contributed by atoms with Gasteiger partial charge in [0.05, 0.1) is 25.4 Å². The van der Waals surface area contributed by atoms with E-state index in [1.165, 1.54) is 289 Å². The van der Waals surface area contributed by atoms with Gasteiger partial charge in [0.1, 0.15) is 0 Å². The van der Waals surface area contributed by atoms with Crippen molar-refractivity contribution < 1.29 is 24.5 Å². The minimum Gasteiger partial charge on any atom is -0.466 e. The van der Waals surface area contributed by atoms with Crippen LogP contribution in [0, 0.1) is 0 Å². The van der Waals surface area contributed by atoms with Crippen molar-refractivity contribution in [1.29, 1.82) is 0 Å². The molecule has 0 aromatic rings. The Labute approximate surface area is 426 Å². The third kappa shape index (κ3) is 54.2. The summed E-state index contributed by atoms with van der Waals surface area (Å²) in [5.41, 5.74) is 0. The second kappa shape index (κ2) is 58.4. The molecule has 0 radical (unpaired) electrons. The largest absolute Gasteiger partial charge is 0.466 e. The van der Waals surface area contributed by atoms with Crippen molar-refractivity contribution >= 4 is 11.9 Å². The van der Waals surface area contributed by atoms with Crippen LogP contribution in [-0.2, 0) is 14.3 Å². The molecule has 1 amide bonds. The van der Waals surface area contributed by atoms with Gasteiger partial charge in [-0.2, -0.15) is 0 Å². The highest BCUT2D eigenvalue weighted by molar-refractivity contribution is 5.76. The van der Waals surface area contributed by atoms with Crippen LogP contribution < -0.4 is 5.32 Å². The number of ether oxygens (including phenoxy) is 1. The standard InChI is InChI=1S/C62H123NO5/c1-3-5-7-9-11-13-15-17-32-36-40-44-48-52-56-62(67)68-57-53-49-45-41-37-33-30-28-26-24-22-20-18-19-21-23-25-27-29-31-35-39-43-47-51-55-61(66)63-59(58-64)60(65)54-50-46-42-38-34-16-14-12-10-8-6-4-2/h59-60,64-65H,3-58H2,1-2H3,(H,63,66). The molecule has 406 valence electrons. The van der Waals surface area contributed by atoms with Crippen molar-refractivity contribution in [2.75, 3.05) is 13.2 Å². The van der Waals surface area contributed by atoms with Crippen molar-refractivity contribution in [1.82, 2.24) is 5.32 Å². The van der Waals surface area contributed by atoms with Crippen molar-refractivity contribution in [3.8, 4) is 0 Å². The molecule has 0 heterocycles. The fraction of sp³-hybridized carbons (Fsp3) is 0.968. The molecule has 6 nitrogen and oxygen atoms in total. The number of aliphatic hydroxyl groups excluding tert-OH is 2. The zero-order valence-corrected chi connectivity index (χ0v) is 46.4. The fourth-order valence-electron chi connectivity index (χ4n) is 10.1. The molecule has 0 spiro atoms. The number of aliphatic hydroxyl groups is 2. The molecule has 0 aromatic carbocycles. The summed E-state index contributed by atoms with van der Waals surface area (Å²) in [6.45, 7) is 4.98. The minimum atomic E-state index is -0.660. The lowest BCUT2D eigenvalue weighted by Gasteiger charge is -2.22. The second-order valence-electron chi connectivity index (χ2n) is 21.8. The van der Waals surface area contributed by atoms with Gasteiger partial charge in [-0.15, -0.1) is 0 Å². The Hall–Kier alpha value is -1.14. The molecular formula is C62H123NO5. The first-order chi connectivity index (χ1) is 33.5. The van der Waals surface area contributed by atoms with E-state index in [1.807, 2.05) is 0 Å². The molecule has 0 aromatic heterocycles. The third-order valence-corrected chi connectivity index (χ3v) is 14.9. The summed E-state index contributed by atoms with van der Waals surface area (Å²) >= 11 is 0. The molecule has 0 bridgehead atoms. The van der Waals surface area contributed by atoms with Crippen molar-refractivity contribution in [3.63, 3.8) is 0 Å². The van der Waals surface area contributed by atoms with Crippen LogP contribution in [0.3, 0.4) is 0 Å². The number of amides is 1. The number of carbonyl (C=O) groups is 2. The molecule has 0 aliphatic rings. The first-order valence-electron chi connectivity index (χ1n) is 31.3. The maximum absolute atomic E-state index is 12.5. The van der Waals surface area contributed by atoms with E-state index in [9.17, 15) is 19.8 Å². The molecule has 68 heavy (non-hydrogen) atoms. The summed E-state index contributed by atoms with van der Waals surface area (Å²) in [6, 6.07) is -0.537. The molecule has 0 aliphatic heterocycles. The number of unbranched alkanes of at least 4 members (excludes halogenated alkanes) is 48. The second-order valence-corrected chi connectivity index (χ2v) is 21.8. The SMILES string of the molecule is CCCCCCCCCCCCCCCCC(=O)OCCCCCCCCCCCCCCCCCCCCCCCCCCCC(=O)NC(CO)C(O)CCCCCCCCCCCCCC. The Morgan fingerprint density at radius 3 is 0.897 bits per heavy atom. The van der Waals surface area contributed by atoms with E-state index in [0.717, 1.165) is 38.5 Å². The Morgan fingerprint density at radius 2 is 0.603 bits per heavy atom. The highest BCUT2D eigenvalue weighted by atomic mass is 16.5. The Kier molecular flexibility index (Phi) is 57.5. The van der Waals surface area contributed by atoms with Crippen molar-refractivity contribution in [2.24, 2.45) is 0 Å². The number of hydrogen-bond acceptors (Lipinski definition) is 5. The van der Waals surface area contributed by atoms with Crippen LogP contribution in [0.25, 0.3) is 0 Å². The summed E-state index contributed by atoms with van der Waals surface area (Å²) in [6.07, 6.45) is 68.3. The van der Waals surface area contributed by atoms with E-state index in [2.05, 4.69) is 19.2 Å². The van der Waals surface area contributed by atoms with Gasteiger partial charge in [-0.05, 0) is 25.7 Å². The number of rotatable bonds is 59. The van der Waals surface area contributed by atoms with Crippen LogP contribution in [0.15, 0.2) is 0 Å². The van der Waals surface area contributed by atoms with Gasteiger partial charge >= 0.3 is 5.97 Å². The first kappa shape index (κ1) is 66.9. The zero-order valence-electron chi connectivity index (χ0n) is 46.4. The summed E-state index contributed by atoms with van der Waals surface area (Å²) in [5.74, 6) is -0.0120. The monoisotopic (exact) mass is 962 g/mol. The highest BCUT2D eigenvalue weighted by Gasteiger charge is 2.20. The van der Waals surface area contributed by atoms with Gasteiger partial charge in [0.25, 0.3) is 0 Å². The lowest BCUT2D eigenvalue weighted by atomic mass is 10.0. The molecule has 0 fully saturated rings. The normalized spacial score (nSPS) is 12.5. The summed E-state index contributed by atoms with van der Waals surface area (Å²) < 4.78 is 5.49. The molecular weight excluding hydrogens is 839 g/mol. The van der Waals surface area contributed by atoms with Crippen LogP contribution in [-0.4, -0.2) is 47.4 Å². The Balaban J connectivity index is 3.32. The van der Waals surface area contributed by atoms with Gasteiger partial charge in [-0.1, -0.05) is 322 Å². The van der Waals surface area contributed by atoms with Crippen LogP contribution in [0.1, 0.15) is 361 Å². The van der Waals surface area contributed by atoms with Crippen molar-refractivity contribution in [2.45, 2.75) is 373 Å². The van der Waals surface area contributed by atoms with Gasteiger partial charge in [0.15, 0.2) is 0 Å². The van der Waals surface area contributed by atoms with Crippen LogP contribution in [0.2, 0.25) is 0 Å². The molecule has 2 atom stereocenters. The maximum atomic E-state index is 12.5. The quantitative estimate of drug-likeness (QED) is 0.0417. The number of carbonyl (C=O) groups excluding carboxylic acids is 2. The van der Waals surface area contributed by atoms with Crippen LogP contribution >= 0.6 is 0 Å². The predicted molar refractivity (Wildman–Crippen MR) is 297 cm³/mol. The molecule has 3 N–H and O–H groups in total. The van der Waals surface area contributed by atoms with Crippen LogP contribution in [0.4, 0.5) is 0 Å². The molecule has 0 aliphatic carbocycles. The average Bonchev–Trinajstić information content (AvgIpc) is 3.34. The Morgan fingerprint density at radius 1 is 0.353 bits per heavy atom. The average molecular weight is 963 g/mol. The number of nitrogens with one attached hydrogen (secondary N) is 1. The molecule has 0 saturated heterocycles. The Bertz CT molecular complexity index is 975. The van der Waals surface area contributed by atoms with E-state index in [1.54, 1.807) is 0 Å². The highest BCUT2D eigenvalue weighted by Crippen LogP contribution is 2.19. The predicted octanol–water partition coefficient (Wildman–Crippen LogP) is 19.5. The summed E-state index contributed by atoms with van der Waals surface area (Å²) in [7, 11) is 0. The number of esters is 1. The van der Waals surface area contributed by atoms with Crippen molar-refractivity contribution in [3.05, 3.63) is 0 Å². The van der Waals surface area contributed by atoms with Gasteiger partial charge in [0, 0.05) is 12.8 Å². The van der Waals surface area contributed by atoms with E-state index >= 15 is 0 Å². The lowest BCUT2D eigenvalue weighted by molar-refractivity contribution is -0.143.